The zero-order chi connectivity index (χ0) is 18.5. The highest BCUT2D eigenvalue weighted by Gasteiger charge is 2.13. The van der Waals surface area contributed by atoms with E-state index in [0.717, 1.165) is 25.9 Å². The molecule has 0 atom stereocenters. The average Bonchev–Trinajstić information content (AvgIpc) is 3.08. The first kappa shape index (κ1) is 18.4. The predicted molar refractivity (Wildman–Crippen MR) is 109 cm³/mol. The number of amides is 2. The molecule has 1 N–H and O–H groups in total. The molecule has 0 aliphatic heterocycles. The summed E-state index contributed by atoms with van der Waals surface area (Å²) in [5, 5.41) is 2.85. The summed E-state index contributed by atoms with van der Waals surface area (Å²) in [5.74, 6) is 0.333. The van der Waals surface area contributed by atoms with E-state index in [2.05, 4.69) is 10.3 Å². The van der Waals surface area contributed by atoms with Crippen molar-refractivity contribution in [1.29, 1.82) is 0 Å². The number of hydrogen-bond donors (Lipinski definition) is 1. The molecule has 7 heteroatoms. The van der Waals surface area contributed by atoms with Gasteiger partial charge in [0, 0.05) is 24.8 Å². The van der Waals surface area contributed by atoms with Gasteiger partial charge in [0.05, 0.1) is 16.0 Å². The van der Waals surface area contributed by atoms with Gasteiger partial charge in [-0.05, 0) is 30.3 Å². The summed E-state index contributed by atoms with van der Waals surface area (Å²) in [6, 6.07) is 15.2. The van der Waals surface area contributed by atoms with Crippen LogP contribution in [0.2, 0.25) is 0 Å². The average molecular weight is 386 g/mol. The van der Waals surface area contributed by atoms with Gasteiger partial charge in [-0.1, -0.05) is 36.9 Å². The zero-order valence-corrected chi connectivity index (χ0v) is 16.2. The highest BCUT2D eigenvalue weighted by molar-refractivity contribution is 8.01. The zero-order valence-electron chi connectivity index (χ0n) is 14.6. The molecule has 0 aliphatic carbocycles. The number of benzene rings is 2. The Morgan fingerprint density at radius 2 is 1.96 bits per heavy atom. The number of fused-ring (bicyclic) bond motifs is 1. The van der Waals surface area contributed by atoms with E-state index in [-0.39, 0.29) is 11.8 Å². The molecule has 0 radical (unpaired) electrons. The Bertz CT molecular complexity index is 925. The fraction of sp³-hybridized carbons (Fsp3) is 0.211. The second-order valence-corrected chi connectivity index (χ2v) is 7.89. The maximum absolute atomic E-state index is 12.4. The number of carbonyl (C=O) groups is 2. The lowest BCUT2D eigenvalue weighted by atomic mass is 10.3. The summed E-state index contributed by atoms with van der Waals surface area (Å²) in [7, 11) is 1.78. The fourth-order valence-corrected chi connectivity index (χ4v) is 4.33. The van der Waals surface area contributed by atoms with E-state index in [1.807, 2.05) is 55.5 Å². The van der Waals surface area contributed by atoms with Crippen molar-refractivity contribution in [3.63, 3.8) is 0 Å². The normalized spacial score (nSPS) is 10.7. The molecule has 1 heterocycles. The third-order valence-electron chi connectivity index (χ3n) is 3.81. The van der Waals surface area contributed by atoms with Crippen LogP contribution in [0, 0.1) is 0 Å². The van der Waals surface area contributed by atoms with Crippen LogP contribution < -0.4 is 10.2 Å². The predicted octanol–water partition coefficient (Wildman–Crippen LogP) is 4.40. The Morgan fingerprint density at radius 3 is 2.69 bits per heavy atom. The standard InChI is InChI=1S/C19H19N3O2S2/c1-3-17(23)20-13-9-10-15-16(11-13)26-19(21-15)25-12-18(24)22(2)14-7-5-4-6-8-14/h4-11H,3,12H2,1-2H3,(H,20,23). The van der Waals surface area contributed by atoms with Gasteiger partial charge in [0.2, 0.25) is 11.8 Å². The number of aromatic nitrogens is 1. The first-order chi connectivity index (χ1) is 12.6. The molecular weight excluding hydrogens is 366 g/mol. The van der Waals surface area contributed by atoms with Crippen molar-refractivity contribution in [2.45, 2.75) is 17.7 Å². The number of anilines is 2. The molecule has 3 rings (SSSR count). The minimum absolute atomic E-state index is 0.0157. The second-order valence-electron chi connectivity index (χ2n) is 5.64. The Balaban J connectivity index is 1.65. The van der Waals surface area contributed by atoms with Gasteiger partial charge < -0.3 is 10.2 Å². The molecule has 134 valence electrons. The van der Waals surface area contributed by atoms with Crippen LogP contribution in [0.4, 0.5) is 11.4 Å². The molecule has 0 aliphatic rings. The van der Waals surface area contributed by atoms with Gasteiger partial charge in [0.25, 0.3) is 0 Å². The van der Waals surface area contributed by atoms with E-state index in [0.29, 0.717) is 12.2 Å². The Kier molecular flexibility index (Phi) is 5.90. The van der Waals surface area contributed by atoms with Crippen LogP contribution in [0.1, 0.15) is 13.3 Å². The fourth-order valence-electron chi connectivity index (χ4n) is 2.31. The molecule has 0 bridgehead atoms. The van der Waals surface area contributed by atoms with Crippen molar-refractivity contribution in [3.8, 4) is 0 Å². The number of hydrogen-bond acceptors (Lipinski definition) is 5. The quantitative estimate of drug-likeness (QED) is 0.639. The largest absolute Gasteiger partial charge is 0.326 e. The highest BCUT2D eigenvalue weighted by Crippen LogP contribution is 2.31. The Labute approximate surface area is 160 Å². The highest BCUT2D eigenvalue weighted by atomic mass is 32.2. The van der Waals surface area contributed by atoms with Crippen molar-refractivity contribution in [2.24, 2.45) is 0 Å². The van der Waals surface area contributed by atoms with Gasteiger partial charge in [0.15, 0.2) is 4.34 Å². The van der Waals surface area contributed by atoms with E-state index in [9.17, 15) is 9.59 Å². The number of carbonyl (C=O) groups excluding carboxylic acids is 2. The summed E-state index contributed by atoms with van der Waals surface area (Å²) < 4.78 is 1.83. The molecule has 0 unspecified atom stereocenters. The summed E-state index contributed by atoms with van der Waals surface area (Å²) in [5.41, 5.74) is 2.51. The molecule has 3 aromatic rings. The van der Waals surface area contributed by atoms with E-state index in [4.69, 9.17) is 0 Å². The molecule has 5 nitrogen and oxygen atoms in total. The van der Waals surface area contributed by atoms with Crippen molar-refractivity contribution >= 4 is 56.5 Å². The summed E-state index contributed by atoms with van der Waals surface area (Å²) in [6.07, 6.45) is 0.443. The lowest BCUT2D eigenvalue weighted by molar-refractivity contribution is -0.116. The van der Waals surface area contributed by atoms with Crippen molar-refractivity contribution in [2.75, 3.05) is 23.0 Å². The number of rotatable bonds is 6. The topological polar surface area (TPSA) is 62.3 Å². The van der Waals surface area contributed by atoms with Crippen LogP contribution in [-0.2, 0) is 9.59 Å². The van der Waals surface area contributed by atoms with E-state index < -0.39 is 0 Å². The lowest BCUT2D eigenvalue weighted by Gasteiger charge is -2.16. The number of thioether (sulfide) groups is 1. The molecule has 26 heavy (non-hydrogen) atoms. The van der Waals surface area contributed by atoms with Crippen LogP contribution >= 0.6 is 23.1 Å². The van der Waals surface area contributed by atoms with Crippen LogP contribution in [0.15, 0.2) is 52.9 Å². The molecular formula is C19H19N3O2S2. The van der Waals surface area contributed by atoms with Crippen LogP contribution in [-0.4, -0.2) is 29.6 Å². The van der Waals surface area contributed by atoms with Gasteiger partial charge in [0.1, 0.15) is 0 Å². The minimum atomic E-state index is -0.0157. The lowest BCUT2D eigenvalue weighted by Crippen LogP contribution is -2.27. The SMILES string of the molecule is CCC(=O)Nc1ccc2nc(SCC(=O)N(C)c3ccccc3)sc2c1. The number of nitrogens with zero attached hydrogens (tertiary/aromatic N) is 2. The second kappa shape index (κ2) is 8.33. The van der Waals surface area contributed by atoms with Crippen molar-refractivity contribution in [3.05, 3.63) is 48.5 Å². The van der Waals surface area contributed by atoms with Crippen molar-refractivity contribution < 1.29 is 9.59 Å². The monoisotopic (exact) mass is 385 g/mol. The summed E-state index contributed by atoms with van der Waals surface area (Å²) in [4.78, 5) is 30.1. The molecule has 2 amide bonds. The molecule has 2 aromatic carbocycles. The van der Waals surface area contributed by atoms with E-state index >= 15 is 0 Å². The molecule has 0 spiro atoms. The van der Waals surface area contributed by atoms with Crippen LogP contribution in [0.25, 0.3) is 10.2 Å². The molecule has 1 aromatic heterocycles. The van der Waals surface area contributed by atoms with E-state index in [1.165, 1.54) is 23.1 Å². The van der Waals surface area contributed by atoms with Crippen molar-refractivity contribution in [1.82, 2.24) is 4.98 Å². The van der Waals surface area contributed by atoms with Gasteiger partial charge in [-0.25, -0.2) is 4.98 Å². The summed E-state index contributed by atoms with van der Waals surface area (Å²) >= 11 is 2.96. The van der Waals surface area contributed by atoms with Gasteiger partial charge in [-0.2, -0.15) is 0 Å². The Morgan fingerprint density at radius 1 is 1.19 bits per heavy atom. The maximum Gasteiger partial charge on any atom is 0.237 e. The van der Waals surface area contributed by atoms with E-state index in [1.54, 1.807) is 11.9 Å². The molecule has 0 fully saturated rings. The Hall–Kier alpha value is -2.38. The first-order valence-electron chi connectivity index (χ1n) is 8.21. The number of thiazole rings is 1. The minimum Gasteiger partial charge on any atom is -0.326 e. The third-order valence-corrected chi connectivity index (χ3v) is 5.96. The number of para-hydroxylation sites is 1. The maximum atomic E-state index is 12.4. The van der Waals surface area contributed by atoms with Gasteiger partial charge >= 0.3 is 0 Å². The van der Waals surface area contributed by atoms with Gasteiger partial charge in [-0.3, -0.25) is 9.59 Å². The van der Waals surface area contributed by atoms with Gasteiger partial charge in [-0.15, -0.1) is 11.3 Å². The summed E-state index contributed by atoms with van der Waals surface area (Å²) in [6.45, 7) is 1.82. The third kappa shape index (κ3) is 4.42. The molecule has 0 saturated carbocycles. The first-order valence-corrected chi connectivity index (χ1v) is 10.0. The van der Waals surface area contributed by atoms with Crippen LogP contribution in [0.3, 0.4) is 0 Å². The van der Waals surface area contributed by atoms with Crippen LogP contribution in [0.5, 0.6) is 0 Å². The molecule has 0 saturated heterocycles. The smallest absolute Gasteiger partial charge is 0.237 e. The number of nitrogens with one attached hydrogen (secondary N) is 1.